The van der Waals surface area contributed by atoms with Crippen molar-refractivity contribution in [2.75, 3.05) is 5.32 Å². The summed E-state index contributed by atoms with van der Waals surface area (Å²) in [4.78, 5) is 14.9. The first-order valence-corrected chi connectivity index (χ1v) is 6.15. The lowest BCUT2D eigenvalue weighted by atomic mass is 10.1. The lowest BCUT2D eigenvalue weighted by molar-refractivity contribution is 0.102. The van der Waals surface area contributed by atoms with Crippen molar-refractivity contribution in [2.24, 2.45) is 0 Å². The van der Waals surface area contributed by atoms with Crippen molar-refractivity contribution in [3.8, 4) is 0 Å². The molecule has 0 aliphatic heterocycles. The molecule has 0 aliphatic rings. The monoisotopic (exact) mass is 326 g/mol. The number of anilines is 1. The second kappa shape index (κ2) is 5.44. The van der Waals surface area contributed by atoms with Crippen molar-refractivity contribution < 1.29 is 13.6 Å². The fraction of sp³-hybridized carbons (Fsp3) is 0.0769. The van der Waals surface area contributed by atoms with Crippen molar-refractivity contribution in [1.82, 2.24) is 4.98 Å². The number of hydrogen-bond acceptors (Lipinski definition) is 2. The van der Waals surface area contributed by atoms with Crippen LogP contribution in [-0.2, 0) is 0 Å². The van der Waals surface area contributed by atoms with Crippen molar-refractivity contribution in [3.05, 3.63) is 57.8 Å². The van der Waals surface area contributed by atoms with E-state index in [-0.39, 0.29) is 5.69 Å². The maximum Gasteiger partial charge on any atom is 0.255 e. The van der Waals surface area contributed by atoms with Gasteiger partial charge in [0.25, 0.3) is 5.91 Å². The third-order valence-electron chi connectivity index (χ3n) is 2.37. The molecule has 0 unspecified atom stereocenters. The van der Waals surface area contributed by atoms with Crippen LogP contribution in [0, 0.1) is 18.8 Å². The predicted octanol–water partition coefficient (Wildman–Crippen LogP) is 3.68. The number of hydrogen-bond donors (Lipinski definition) is 1. The molecule has 0 saturated carbocycles. The van der Waals surface area contributed by atoms with E-state index in [0.29, 0.717) is 5.56 Å². The zero-order valence-electron chi connectivity index (χ0n) is 9.88. The molecule has 3 nitrogen and oxygen atoms in total. The first-order valence-electron chi connectivity index (χ1n) is 5.36. The topological polar surface area (TPSA) is 42.0 Å². The number of carbonyl (C=O) groups is 1. The van der Waals surface area contributed by atoms with Crippen molar-refractivity contribution in [3.63, 3.8) is 0 Å². The second-order valence-corrected chi connectivity index (χ2v) is 4.86. The molecule has 0 aliphatic carbocycles. The minimum atomic E-state index is -1.06. The number of aromatic nitrogens is 1. The Balaban J connectivity index is 2.25. The predicted molar refractivity (Wildman–Crippen MR) is 71.0 cm³/mol. The number of nitrogens with zero attached hydrogens (tertiary/aromatic N) is 1. The van der Waals surface area contributed by atoms with E-state index in [1.165, 1.54) is 0 Å². The van der Waals surface area contributed by atoms with Crippen LogP contribution in [0.1, 0.15) is 15.9 Å². The molecule has 0 spiro atoms. The molecule has 2 rings (SSSR count). The third-order valence-corrected chi connectivity index (χ3v) is 2.83. The van der Waals surface area contributed by atoms with E-state index in [0.717, 1.165) is 22.2 Å². The standard InChI is InChI=1S/C13H9BrF2N2O/c1-7-4-8(6-9(14)5-7)13(19)17-10-2-3-11(15)18-12(10)16/h2-6H,1H3,(H,17,19). The first kappa shape index (κ1) is 13.6. The third kappa shape index (κ3) is 3.35. The molecular weight excluding hydrogens is 318 g/mol. The maximum atomic E-state index is 13.3. The number of rotatable bonds is 2. The summed E-state index contributed by atoms with van der Waals surface area (Å²) >= 11 is 3.27. The number of amides is 1. The van der Waals surface area contributed by atoms with Crippen LogP contribution in [-0.4, -0.2) is 10.9 Å². The molecule has 1 aromatic heterocycles. The summed E-state index contributed by atoms with van der Waals surface area (Å²) in [5.74, 6) is -2.48. The van der Waals surface area contributed by atoms with E-state index < -0.39 is 17.8 Å². The molecule has 0 atom stereocenters. The number of nitrogens with one attached hydrogen (secondary N) is 1. The van der Waals surface area contributed by atoms with Gasteiger partial charge in [-0.2, -0.15) is 13.8 Å². The van der Waals surface area contributed by atoms with Crippen LogP contribution in [0.15, 0.2) is 34.8 Å². The molecule has 2 aromatic rings. The van der Waals surface area contributed by atoms with E-state index >= 15 is 0 Å². The molecule has 19 heavy (non-hydrogen) atoms. The first-order chi connectivity index (χ1) is 8.95. The van der Waals surface area contributed by atoms with E-state index in [1.54, 1.807) is 12.1 Å². The highest BCUT2D eigenvalue weighted by atomic mass is 79.9. The molecule has 6 heteroatoms. The number of aryl methyl sites for hydroxylation is 1. The van der Waals surface area contributed by atoms with E-state index in [1.807, 2.05) is 13.0 Å². The molecule has 98 valence electrons. The maximum absolute atomic E-state index is 13.3. The number of carbonyl (C=O) groups excluding carboxylic acids is 1. The van der Waals surface area contributed by atoms with Gasteiger partial charge in [0.1, 0.15) is 0 Å². The smallest absolute Gasteiger partial charge is 0.255 e. The molecule has 1 aromatic carbocycles. The second-order valence-electron chi connectivity index (χ2n) is 3.94. The molecule has 0 radical (unpaired) electrons. The summed E-state index contributed by atoms with van der Waals surface area (Å²) in [5, 5.41) is 2.34. The van der Waals surface area contributed by atoms with Gasteiger partial charge in [-0.25, -0.2) is 0 Å². The van der Waals surface area contributed by atoms with Crippen LogP contribution in [0.25, 0.3) is 0 Å². The Kier molecular flexibility index (Phi) is 3.90. The van der Waals surface area contributed by atoms with Gasteiger partial charge in [0.05, 0.1) is 5.69 Å². The van der Waals surface area contributed by atoms with Crippen LogP contribution in [0.2, 0.25) is 0 Å². The Morgan fingerprint density at radius 1 is 1.26 bits per heavy atom. The Hall–Kier alpha value is -1.82. The number of pyridine rings is 1. The summed E-state index contributed by atoms with van der Waals surface area (Å²) in [6.45, 7) is 1.83. The Bertz CT molecular complexity index is 626. The summed E-state index contributed by atoms with van der Waals surface area (Å²) in [7, 11) is 0. The van der Waals surface area contributed by atoms with Crippen LogP contribution >= 0.6 is 15.9 Å². The Labute approximate surface area is 116 Å². The lowest BCUT2D eigenvalue weighted by Gasteiger charge is -2.07. The fourth-order valence-electron chi connectivity index (χ4n) is 1.57. The molecule has 1 heterocycles. The van der Waals surface area contributed by atoms with Crippen molar-refractivity contribution >= 4 is 27.5 Å². The Morgan fingerprint density at radius 2 is 2.00 bits per heavy atom. The van der Waals surface area contributed by atoms with Gasteiger partial charge in [0.15, 0.2) is 0 Å². The van der Waals surface area contributed by atoms with Gasteiger partial charge in [-0.1, -0.05) is 15.9 Å². The average Bonchev–Trinajstić information content (AvgIpc) is 2.31. The van der Waals surface area contributed by atoms with Crippen molar-refractivity contribution in [2.45, 2.75) is 6.92 Å². The molecule has 0 saturated heterocycles. The molecule has 0 fully saturated rings. The average molecular weight is 327 g/mol. The molecular formula is C13H9BrF2N2O. The molecule has 0 bridgehead atoms. The van der Waals surface area contributed by atoms with Crippen LogP contribution in [0.3, 0.4) is 0 Å². The van der Waals surface area contributed by atoms with Gasteiger partial charge in [0, 0.05) is 10.0 Å². The SMILES string of the molecule is Cc1cc(Br)cc(C(=O)Nc2ccc(F)nc2F)c1. The molecule has 1 N–H and O–H groups in total. The minimum absolute atomic E-state index is 0.163. The van der Waals surface area contributed by atoms with Gasteiger partial charge in [-0.05, 0) is 42.8 Å². The largest absolute Gasteiger partial charge is 0.318 e. The van der Waals surface area contributed by atoms with Gasteiger partial charge < -0.3 is 5.32 Å². The summed E-state index contributed by atoms with van der Waals surface area (Å²) in [6.07, 6.45) is 0. The van der Waals surface area contributed by atoms with E-state index in [2.05, 4.69) is 26.2 Å². The highest BCUT2D eigenvalue weighted by Gasteiger charge is 2.11. The normalized spacial score (nSPS) is 10.3. The van der Waals surface area contributed by atoms with Crippen LogP contribution < -0.4 is 5.32 Å². The summed E-state index contributed by atoms with van der Waals surface area (Å²) in [5.41, 5.74) is 1.09. The van der Waals surface area contributed by atoms with Gasteiger partial charge in [0.2, 0.25) is 11.9 Å². The Morgan fingerprint density at radius 3 is 2.63 bits per heavy atom. The summed E-state index contributed by atoms with van der Waals surface area (Å²) < 4.78 is 26.7. The number of halogens is 3. The molecule has 1 amide bonds. The van der Waals surface area contributed by atoms with Crippen LogP contribution in [0.4, 0.5) is 14.5 Å². The van der Waals surface area contributed by atoms with Crippen LogP contribution in [0.5, 0.6) is 0 Å². The van der Waals surface area contributed by atoms with Crippen molar-refractivity contribution in [1.29, 1.82) is 0 Å². The van der Waals surface area contributed by atoms with E-state index in [9.17, 15) is 13.6 Å². The number of benzene rings is 1. The quantitative estimate of drug-likeness (QED) is 0.855. The highest BCUT2D eigenvalue weighted by molar-refractivity contribution is 9.10. The fourth-order valence-corrected chi connectivity index (χ4v) is 2.17. The van der Waals surface area contributed by atoms with Gasteiger partial charge in [-0.15, -0.1) is 0 Å². The highest BCUT2D eigenvalue weighted by Crippen LogP contribution is 2.18. The zero-order valence-corrected chi connectivity index (χ0v) is 11.5. The lowest BCUT2D eigenvalue weighted by Crippen LogP contribution is -2.14. The summed E-state index contributed by atoms with van der Waals surface area (Å²) in [6, 6.07) is 7.22. The van der Waals surface area contributed by atoms with Gasteiger partial charge >= 0.3 is 0 Å². The minimum Gasteiger partial charge on any atom is -0.318 e. The van der Waals surface area contributed by atoms with E-state index in [4.69, 9.17) is 0 Å². The van der Waals surface area contributed by atoms with Gasteiger partial charge in [-0.3, -0.25) is 4.79 Å². The zero-order chi connectivity index (χ0) is 14.0.